The van der Waals surface area contributed by atoms with Gasteiger partial charge in [-0.15, -0.1) is 0 Å². The molecule has 0 bridgehead atoms. The highest BCUT2D eigenvalue weighted by Gasteiger charge is 2.16. The van der Waals surface area contributed by atoms with Crippen molar-refractivity contribution in [3.63, 3.8) is 0 Å². The highest BCUT2D eigenvalue weighted by Crippen LogP contribution is 2.35. The van der Waals surface area contributed by atoms with E-state index in [0.29, 0.717) is 23.7 Å². The zero-order chi connectivity index (χ0) is 26.3. The molecule has 2 rings (SSSR count). The molecule has 0 aromatic heterocycles. The summed E-state index contributed by atoms with van der Waals surface area (Å²) in [6.45, 7) is 26.9. The van der Waals surface area contributed by atoms with Crippen LogP contribution in [-0.2, 0) is 0 Å². The molecule has 196 valence electrons. The molecule has 2 aromatic rings. The van der Waals surface area contributed by atoms with Crippen LogP contribution >= 0.6 is 0 Å². The van der Waals surface area contributed by atoms with Crippen molar-refractivity contribution in [3.8, 4) is 0 Å². The average Bonchev–Trinajstić information content (AvgIpc) is 2.76. The molecule has 0 spiro atoms. The quantitative estimate of drug-likeness (QED) is 0.281. The lowest BCUT2D eigenvalue weighted by Gasteiger charge is -2.24. The molecular formula is C32H53N3. The van der Waals surface area contributed by atoms with Crippen molar-refractivity contribution in [2.24, 2.45) is 0 Å². The number of rotatable bonds is 13. The van der Waals surface area contributed by atoms with Crippen LogP contribution in [-0.4, -0.2) is 38.1 Å². The van der Waals surface area contributed by atoms with Crippen LogP contribution in [0, 0.1) is 13.8 Å². The van der Waals surface area contributed by atoms with Crippen LogP contribution in [0.3, 0.4) is 0 Å². The molecule has 2 aromatic carbocycles. The van der Waals surface area contributed by atoms with Gasteiger partial charge in [-0.25, -0.2) is 0 Å². The molecule has 0 heterocycles. The summed E-state index contributed by atoms with van der Waals surface area (Å²) in [6.07, 6.45) is 1.14. The van der Waals surface area contributed by atoms with Gasteiger partial charge in [-0.3, -0.25) is 0 Å². The van der Waals surface area contributed by atoms with E-state index in [1.165, 1.54) is 44.8 Å². The minimum absolute atomic E-state index is 0.520. The van der Waals surface area contributed by atoms with Crippen LogP contribution in [0.1, 0.15) is 119 Å². The molecule has 0 aliphatic heterocycles. The monoisotopic (exact) mass is 479 g/mol. The molecule has 3 heteroatoms. The lowest BCUT2D eigenvalue weighted by molar-refractivity contribution is 0.345. The van der Waals surface area contributed by atoms with Gasteiger partial charge in [0.05, 0.1) is 0 Å². The van der Waals surface area contributed by atoms with E-state index in [-0.39, 0.29) is 0 Å². The highest BCUT2D eigenvalue weighted by atomic mass is 15.1. The zero-order valence-corrected chi connectivity index (χ0v) is 24.6. The standard InChI is InChI=1S/C32H53N3/c1-21(2)27-17-25(9)18-28(22(3)4)31(27)33-13-12-15-35(11)16-14-34-32-29(23(5)6)19-26(10)20-30(32)24(7)8/h17-24,33-34H,12-16H2,1-11H3. The van der Waals surface area contributed by atoms with Gasteiger partial charge in [0, 0.05) is 31.0 Å². The first-order valence-corrected chi connectivity index (χ1v) is 13.9. The number of nitrogens with one attached hydrogen (secondary N) is 2. The number of anilines is 2. The second-order valence-electron chi connectivity index (χ2n) is 11.8. The van der Waals surface area contributed by atoms with Crippen LogP contribution in [0.4, 0.5) is 11.4 Å². The first-order chi connectivity index (χ1) is 16.4. The Bertz CT molecular complexity index is 882. The molecule has 0 unspecified atom stereocenters. The largest absolute Gasteiger partial charge is 0.385 e. The first-order valence-electron chi connectivity index (χ1n) is 13.9. The molecule has 2 N–H and O–H groups in total. The van der Waals surface area contributed by atoms with Crippen molar-refractivity contribution >= 4 is 11.4 Å². The van der Waals surface area contributed by atoms with Crippen LogP contribution in [0.2, 0.25) is 0 Å². The predicted molar refractivity (Wildman–Crippen MR) is 158 cm³/mol. The Morgan fingerprint density at radius 1 is 0.571 bits per heavy atom. The fourth-order valence-electron chi connectivity index (χ4n) is 4.96. The molecule has 0 saturated carbocycles. The van der Waals surface area contributed by atoms with Gasteiger partial charge in [0.1, 0.15) is 0 Å². The van der Waals surface area contributed by atoms with Crippen LogP contribution in [0.25, 0.3) is 0 Å². The summed E-state index contributed by atoms with van der Waals surface area (Å²) in [5.74, 6) is 2.09. The van der Waals surface area contributed by atoms with E-state index >= 15 is 0 Å². The Hall–Kier alpha value is -2.00. The van der Waals surface area contributed by atoms with Gasteiger partial charge in [-0.2, -0.15) is 0 Å². The maximum absolute atomic E-state index is 3.81. The van der Waals surface area contributed by atoms with Gasteiger partial charge >= 0.3 is 0 Å². The van der Waals surface area contributed by atoms with Crippen molar-refractivity contribution in [2.45, 2.75) is 99.3 Å². The fourth-order valence-corrected chi connectivity index (χ4v) is 4.96. The summed E-state index contributed by atoms with van der Waals surface area (Å²) in [5, 5.41) is 7.62. The molecule has 0 aliphatic rings. The molecule has 0 aliphatic carbocycles. The predicted octanol–water partition coefficient (Wildman–Crippen LogP) is 8.64. The fraction of sp³-hybridized carbons (Fsp3) is 0.625. The van der Waals surface area contributed by atoms with E-state index in [1.54, 1.807) is 0 Å². The average molecular weight is 480 g/mol. The third kappa shape index (κ3) is 8.27. The van der Waals surface area contributed by atoms with Crippen molar-refractivity contribution < 1.29 is 0 Å². The second kappa shape index (κ2) is 13.3. The van der Waals surface area contributed by atoms with E-state index in [9.17, 15) is 0 Å². The summed E-state index contributed by atoms with van der Waals surface area (Å²) >= 11 is 0. The lowest BCUT2D eigenvalue weighted by Crippen LogP contribution is -2.28. The van der Waals surface area contributed by atoms with Crippen LogP contribution in [0.15, 0.2) is 24.3 Å². The SMILES string of the molecule is Cc1cc(C(C)C)c(NCCCN(C)CCNc2c(C(C)C)cc(C)cc2C(C)C)c(C(C)C)c1. The molecule has 0 atom stereocenters. The maximum atomic E-state index is 3.81. The molecular weight excluding hydrogens is 426 g/mol. The van der Waals surface area contributed by atoms with E-state index in [1.807, 2.05) is 0 Å². The molecule has 0 amide bonds. The summed E-state index contributed by atoms with van der Waals surface area (Å²) < 4.78 is 0. The number of likely N-dealkylation sites (N-methyl/N-ethyl adjacent to an activating group) is 1. The second-order valence-corrected chi connectivity index (χ2v) is 11.8. The minimum Gasteiger partial charge on any atom is -0.385 e. The van der Waals surface area contributed by atoms with Crippen LogP contribution < -0.4 is 10.6 Å². The number of nitrogens with zero attached hydrogens (tertiary/aromatic N) is 1. The Balaban J connectivity index is 1.93. The summed E-state index contributed by atoms with van der Waals surface area (Å²) in [6, 6.07) is 9.43. The third-order valence-electron chi connectivity index (χ3n) is 6.99. The van der Waals surface area contributed by atoms with Gasteiger partial charge in [0.15, 0.2) is 0 Å². The lowest BCUT2D eigenvalue weighted by atomic mass is 9.90. The number of hydrogen-bond donors (Lipinski definition) is 2. The molecule has 3 nitrogen and oxygen atoms in total. The highest BCUT2D eigenvalue weighted by molar-refractivity contribution is 5.62. The zero-order valence-electron chi connectivity index (χ0n) is 24.6. The van der Waals surface area contributed by atoms with Crippen LogP contribution in [0.5, 0.6) is 0 Å². The van der Waals surface area contributed by atoms with Gasteiger partial charge in [-0.05, 0) is 79.8 Å². The molecule has 0 saturated heterocycles. The van der Waals surface area contributed by atoms with Crippen molar-refractivity contribution in [1.82, 2.24) is 4.90 Å². The normalized spacial score (nSPS) is 12.0. The van der Waals surface area contributed by atoms with E-state index in [0.717, 1.165) is 32.6 Å². The summed E-state index contributed by atoms with van der Waals surface area (Å²) in [4.78, 5) is 2.45. The molecule has 0 radical (unpaired) electrons. The van der Waals surface area contributed by atoms with Crippen molar-refractivity contribution in [3.05, 3.63) is 57.6 Å². The topological polar surface area (TPSA) is 27.3 Å². The van der Waals surface area contributed by atoms with Gasteiger partial charge < -0.3 is 15.5 Å². The Kier molecular flexibility index (Phi) is 11.1. The Labute approximate surface area is 217 Å². The summed E-state index contributed by atoms with van der Waals surface area (Å²) in [7, 11) is 2.24. The van der Waals surface area contributed by atoms with Gasteiger partial charge in [0.2, 0.25) is 0 Å². The third-order valence-corrected chi connectivity index (χ3v) is 6.99. The van der Waals surface area contributed by atoms with E-state index < -0.39 is 0 Å². The number of benzene rings is 2. The van der Waals surface area contributed by atoms with Gasteiger partial charge in [-0.1, -0.05) is 90.8 Å². The minimum atomic E-state index is 0.520. The van der Waals surface area contributed by atoms with E-state index in [2.05, 4.69) is 116 Å². The first kappa shape index (κ1) is 29.2. The molecule has 35 heavy (non-hydrogen) atoms. The number of hydrogen-bond acceptors (Lipinski definition) is 3. The Morgan fingerprint density at radius 2 is 0.914 bits per heavy atom. The van der Waals surface area contributed by atoms with Crippen molar-refractivity contribution in [1.29, 1.82) is 0 Å². The number of aryl methyl sites for hydroxylation is 2. The Morgan fingerprint density at radius 3 is 1.26 bits per heavy atom. The van der Waals surface area contributed by atoms with Gasteiger partial charge in [0.25, 0.3) is 0 Å². The summed E-state index contributed by atoms with van der Waals surface area (Å²) in [5.41, 5.74) is 11.2. The maximum Gasteiger partial charge on any atom is 0.0411 e. The smallest absolute Gasteiger partial charge is 0.0411 e. The van der Waals surface area contributed by atoms with Crippen molar-refractivity contribution in [2.75, 3.05) is 43.9 Å². The van der Waals surface area contributed by atoms with E-state index in [4.69, 9.17) is 0 Å². The molecule has 0 fully saturated rings.